The van der Waals surface area contributed by atoms with Crippen LogP contribution in [0.4, 0.5) is 9.52 Å². The smallest absolute Gasteiger partial charge is 0.251 e. The summed E-state index contributed by atoms with van der Waals surface area (Å²) >= 11 is 1.17. The number of amides is 2. The van der Waals surface area contributed by atoms with Crippen LogP contribution in [0, 0.1) is 5.82 Å². The summed E-state index contributed by atoms with van der Waals surface area (Å²) in [6, 6.07) is 21.8. The highest BCUT2D eigenvalue weighted by Crippen LogP contribution is 2.26. The Morgan fingerprint density at radius 2 is 1.62 bits per heavy atom. The second kappa shape index (κ2) is 10.8. The van der Waals surface area contributed by atoms with E-state index in [1.807, 2.05) is 49.4 Å². The van der Waals surface area contributed by atoms with E-state index < -0.39 is 11.9 Å². The van der Waals surface area contributed by atoms with Crippen molar-refractivity contribution in [1.82, 2.24) is 15.5 Å². The Morgan fingerprint density at radius 1 is 0.912 bits per heavy atom. The average Bonchev–Trinajstić information content (AvgIpc) is 3.33. The molecule has 0 aliphatic carbocycles. The predicted octanol–water partition coefficient (Wildman–Crippen LogP) is 4.89. The lowest BCUT2D eigenvalue weighted by atomic mass is 10.0. The summed E-state index contributed by atoms with van der Waals surface area (Å²) in [5.74, 6) is -1.07. The van der Waals surface area contributed by atoms with E-state index in [1.165, 1.54) is 23.5 Å². The summed E-state index contributed by atoms with van der Waals surface area (Å²) in [5.41, 5.74) is 3.22. The Hall–Kier alpha value is -3.91. The average molecular weight is 475 g/mol. The quantitative estimate of drug-likeness (QED) is 0.381. The van der Waals surface area contributed by atoms with Crippen LogP contribution in [0.5, 0.6) is 0 Å². The molecule has 3 aromatic carbocycles. The molecule has 4 rings (SSSR count). The standard InChI is InChI=1S/C26H23FN4O2S/c1-2-17-8-10-19(11-9-17)23(32)28-22(16-18-6-4-3-5-7-18)24(33)29-26-31-30-25(34-26)20-12-14-21(27)15-13-20/h3-15,22H,2,16H2,1H3,(H,28,32)(H,29,31,33). The van der Waals surface area contributed by atoms with E-state index in [9.17, 15) is 14.0 Å². The van der Waals surface area contributed by atoms with Gasteiger partial charge in [-0.3, -0.25) is 14.9 Å². The molecular formula is C26H23FN4O2S. The molecule has 8 heteroatoms. The zero-order valence-electron chi connectivity index (χ0n) is 18.5. The number of aryl methyl sites for hydroxylation is 1. The van der Waals surface area contributed by atoms with Crippen molar-refractivity contribution in [2.24, 2.45) is 0 Å². The van der Waals surface area contributed by atoms with E-state index in [0.29, 0.717) is 27.7 Å². The molecule has 4 aromatic rings. The van der Waals surface area contributed by atoms with Crippen LogP contribution in [0.15, 0.2) is 78.9 Å². The van der Waals surface area contributed by atoms with Crippen LogP contribution in [0.2, 0.25) is 0 Å². The lowest BCUT2D eigenvalue weighted by Gasteiger charge is -2.18. The van der Waals surface area contributed by atoms with Crippen molar-refractivity contribution in [1.29, 1.82) is 0 Å². The molecule has 1 aromatic heterocycles. The van der Waals surface area contributed by atoms with Gasteiger partial charge in [-0.2, -0.15) is 0 Å². The first-order chi connectivity index (χ1) is 16.5. The predicted molar refractivity (Wildman–Crippen MR) is 131 cm³/mol. The first-order valence-corrected chi connectivity index (χ1v) is 11.7. The lowest BCUT2D eigenvalue weighted by molar-refractivity contribution is -0.118. The van der Waals surface area contributed by atoms with Crippen LogP contribution < -0.4 is 10.6 Å². The summed E-state index contributed by atoms with van der Waals surface area (Å²) in [4.78, 5) is 26.0. The minimum Gasteiger partial charge on any atom is -0.340 e. The molecule has 0 bridgehead atoms. The van der Waals surface area contributed by atoms with Crippen molar-refractivity contribution < 1.29 is 14.0 Å². The first-order valence-electron chi connectivity index (χ1n) is 10.9. The zero-order valence-corrected chi connectivity index (χ0v) is 19.3. The number of halogens is 1. The third-order valence-corrected chi connectivity index (χ3v) is 6.16. The maximum Gasteiger partial charge on any atom is 0.251 e. The van der Waals surface area contributed by atoms with Crippen molar-refractivity contribution >= 4 is 28.3 Å². The van der Waals surface area contributed by atoms with Crippen LogP contribution in [-0.2, 0) is 17.6 Å². The second-order valence-corrected chi connectivity index (χ2v) is 8.65. The molecule has 0 aliphatic heterocycles. The number of benzene rings is 3. The van der Waals surface area contributed by atoms with Crippen molar-refractivity contribution in [3.63, 3.8) is 0 Å². The molecule has 1 heterocycles. The molecule has 0 spiro atoms. The summed E-state index contributed by atoms with van der Waals surface area (Å²) in [5, 5.41) is 14.6. The van der Waals surface area contributed by atoms with Crippen LogP contribution in [-0.4, -0.2) is 28.1 Å². The number of rotatable bonds is 8. The van der Waals surface area contributed by atoms with Gasteiger partial charge in [0.25, 0.3) is 5.91 Å². The Morgan fingerprint density at radius 3 is 2.29 bits per heavy atom. The third kappa shape index (κ3) is 5.90. The molecule has 0 aliphatic rings. The number of hydrogen-bond acceptors (Lipinski definition) is 5. The Balaban J connectivity index is 1.50. The van der Waals surface area contributed by atoms with Gasteiger partial charge in [-0.25, -0.2) is 4.39 Å². The zero-order chi connectivity index (χ0) is 23.9. The maximum absolute atomic E-state index is 13.2. The second-order valence-electron chi connectivity index (χ2n) is 7.67. The Labute approximate surface area is 200 Å². The highest BCUT2D eigenvalue weighted by atomic mass is 32.1. The number of hydrogen-bond donors (Lipinski definition) is 2. The summed E-state index contributed by atoms with van der Waals surface area (Å²) in [6.07, 6.45) is 1.19. The fourth-order valence-electron chi connectivity index (χ4n) is 3.37. The monoisotopic (exact) mass is 474 g/mol. The van der Waals surface area contributed by atoms with Gasteiger partial charge in [-0.1, -0.05) is 60.7 Å². The van der Waals surface area contributed by atoms with E-state index in [4.69, 9.17) is 0 Å². The largest absolute Gasteiger partial charge is 0.340 e. The molecule has 2 N–H and O–H groups in total. The van der Waals surface area contributed by atoms with Crippen molar-refractivity contribution in [3.05, 3.63) is 101 Å². The molecule has 2 amide bonds. The van der Waals surface area contributed by atoms with Gasteiger partial charge >= 0.3 is 0 Å². The Kier molecular flexibility index (Phi) is 7.39. The molecule has 0 saturated heterocycles. The molecule has 172 valence electrons. The minimum absolute atomic E-state index is 0.295. The van der Waals surface area contributed by atoms with Crippen LogP contribution in [0.1, 0.15) is 28.4 Å². The fourth-order valence-corrected chi connectivity index (χ4v) is 4.12. The van der Waals surface area contributed by atoms with Crippen molar-refractivity contribution in [3.8, 4) is 10.6 Å². The van der Waals surface area contributed by atoms with Crippen LogP contribution >= 0.6 is 11.3 Å². The van der Waals surface area contributed by atoms with Crippen molar-refractivity contribution in [2.45, 2.75) is 25.8 Å². The summed E-state index contributed by atoms with van der Waals surface area (Å²) in [6.45, 7) is 2.05. The normalized spacial score (nSPS) is 11.6. The molecule has 1 unspecified atom stereocenters. The van der Waals surface area contributed by atoms with Gasteiger partial charge in [-0.15, -0.1) is 10.2 Å². The van der Waals surface area contributed by atoms with Crippen LogP contribution in [0.3, 0.4) is 0 Å². The highest BCUT2D eigenvalue weighted by Gasteiger charge is 2.23. The third-order valence-electron chi connectivity index (χ3n) is 5.28. The molecule has 6 nitrogen and oxygen atoms in total. The van der Waals surface area contributed by atoms with Gasteiger partial charge < -0.3 is 5.32 Å². The fraction of sp³-hybridized carbons (Fsp3) is 0.154. The minimum atomic E-state index is -0.820. The summed E-state index contributed by atoms with van der Waals surface area (Å²) in [7, 11) is 0. The highest BCUT2D eigenvalue weighted by molar-refractivity contribution is 7.18. The Bertz CT molecular complexity index is 1260. The van der Waals surface area contributed by atoms with Gasteiger partial charge in [0.05, 0.1) is 0 Å². The molecule has 34 heavy (non-hydrogen) atoms. The van der Waals surface area contributed by atoms with E-state index in [2.05, 4.69) is 20.8 Å². The number of nitrogens with zero attached hydrogens (tertiary/aromatic N) is 2. The maximum atomic E-state index is 13.2. The number of carbonyl (C=O) groups is 2. The number of anilines is 1. The van der Waals surface area contributed by atoms with Gasteiger partial charge in [0.1, 0.15) is 16.9 Å². The molecule has 0 radical (unpaired) electrons. The molecule has 0 fully saturated rings. The van der Waals surface area contributed by atoms with E-state index >= 15 is 0 Å². The van der Waals surface area contributed by atoms with Gasteiger partial charge in [0.15, 0.2) is 0 Å². The van der Waals surface area contributed by atoms with Gasteiger partial charge in [0.2, 0.25) is 11.0 Å². The van der Waals surface area contributed by atoms with E-state index in [0.717, 1.165) is 17.5 Å². The number of aromatic nitrogens is 2. The summed E-state index contributed by atoms with van der Waals surface area (Å²) < 4.78 is 13.2. The number of carbonyl (C=O) groups excluding carboxylic acids is 2. The lowest BCUT2D eigenvalue weighted by Crippen LogP contribution is -2.45. The van der Waals surface area contributed by atoms with Crippen LogP contribution in [0.25, 0.3) is 10.6 Å². The van der Waals surface area contributed by atoms with Crippen molar-refractivity contribution in [2.75, 3.05) is 5.32 Å². The van der Waals surface area contributed by atoms with E-state index in [-0.39, 0.29) is 11.7 Å². The molecule has 1 atom stereocenters. The molecule has 0 saturated carbocycles. The molecular weight excluding hydrogens is 451 g/mol. The number of nitrogens with one attached hydrogen (secondary N) is 2. The van der Waals surface area contributed by atoms with Gasteiger partial charge in [0, 0.05) is 17.5 Å². The van der Waals surface area contributed by atoms with E-state index in [1.54, 1.807) is 24.3 Å². The van der Waals surface area contributed by atoms with Gasteiger partial charge in [-0.05, 0) is 53.9 Å². The first kappa shape index (κ1) is 23.3. The SMILES string of the molecule is CCc1ccc(C(=O)NC(Cc2ccccc2)C(=O)Nc2nnc(-c3ccc(F)cc3)s2)cc1. The topological polar surface area (TPSA) is 84.0 Å².